The van der Waals surface area contributed by atoms with Crippen molar-refractivity contribution in [3.05, 3.63) is 54.1 Å². The molecule has 0 aliphatic heterocycles. The topological polar surface area (TPSA) is 55.4 Å². The highest BCUT2D eigenvalue weighted by Crippen LogP contribution is 2.25. The van der Waals surface area contributed by atoms with Crippen LogP contribution in [0.5, 0.6) is 11.5 Å². The van der Waals surface area contributed by atoms with Gasteiger partial charge in [-0.3, -0.25) is 9.59 Å². The fourth-order valence-corrected chi connectivity index (χ4v) is 2.09. The first-order valence-electron chi connectivity index (χ1n) is 7.61. The molecule has 0 saturated carbocycles. The molecule has 2 rings (SSSR count). The summed E-state index contributed by atoms with van der Waals surface area (Å²) in [5.41, 5.74) is 1.90. The van der Waals surface area contributed by atoms with E-state index in [9.17, 15) is 9.59 Å². The predicted molar refractivity (Wildman–Crippen MR) is 91.0 cm³/mol. The lowest BCUT2D eigenvalue weighted by molar-refractivity contribution is -0.124. The van der Waals surface area contributed by atoms with Crippen LogP contribution < -0.4 is 10.1 Å². The van der Waals surface area contributed by atoms with E-state index in [4.69, 9.17) is 4.74 Å². The number of carbonyl (C=O) groups is 2. The maximum atomic E-state index is 11.5. The van der Waals surface area contributed by atoms with Gasteiger partial charge >= 0.3 is 0 Å². The van der Waals surface area contributed by atoms with Gasteiger partial charge in [0.1, 0.15) is 17.3 Å². The smallest absolute Gasteiger partial charge is 0.231 e. The highest BCUT2D eigenvalue weighted by molar-refractivity contribution is 6.03. The second-order valence-corrected chi connectivity index (χ2v) is 5.78. The summed E-state index contributed by atoms with van der Waals surface area (Å²) < 4.78 is 5.77. The number of rotatable bonds is 6. The van der Waals surface area contributed by atoms with Crippen LogP contribution in [0.15, 0.2) is 48.5 Å². The number of benzene rings is 2. The van der Waals surface area contributed by atoms with Crippen molar-refractivity contribution >= 4 is 17.4 Å². The third-order valence-electron chi connectivity index (χ3n) is 3.33. The van der Waals surface area contributed by atoms with Crippen molar-refractivity contribution in [2.24, 2.45) is 0 Å². The minimum Gasteiger partial charge on any atom is -0.457 e. The monoisotopic (exact) mass is 311 g/mol. The van der Waals surface area contributed by atoms with Gasteiger partial charge in [0.2, 0.25) is 5.91 Å². The average molecular weight is 311 g/mol. The first kappa shape index (κ1) is 16.7. The van der Waals surface area contributed by atoms with Crippen molar-refractivity contribution in [1.82, 2.24) is 0 Å². The lowest BCUT2D eigenvalue weighted by atomic mass is 10.0. The highest BCUT2D eigenvalue weighted by Gasteiger charge is 2.06. The van der Waals surface area contributed by atoms with E-state index < -0.39 is 0 Å². The molecule has 0 aliphatic rings. The van der Waals surface area contributed by atoms with Crippen LogP contribution in [0.1, 0.15) is 38.7 Å². The second kappa shape index (κ2) is 7.58. The normalized spacial score (nSPS) is 10.4. The molecule has 1 amide bonds. The summed E-state index contributed by atoms with van der Waals surface area (Å²) in [7, 11) is 0. The summed E-state index contributed by atoms with van der Waals surface area (Å²) in [5.74, 6) is 1.47. The molecular weight excluding hydrogens is 290 g/mol. The molecule has 1 N–H and O–H groups in total. The summed E-state index contributed by atoms with van der Waals surface area (Å²) in [6.07, 6.45) is -0.111. The largest absolute Gasteiger partial charge is 0.457 e. The van der Waals surface area contributed by atoms with Crippen LogP contribution in [0.4, 0.5) is 5.69 Å². The fourth-order valence-electron chi connectivity index (χ4n) is 2.09. The number of carbonyl (C=O) groups excluding carboxylic acids is 2. The number of anilines is 1. The Kier molecular flexibility index (Phi) is 5.52. The van der Waals surface area contributed by atoms with E-state index in [0.29, 0.717) is 17.4 Å². The lowest BCUT2D eigenvalue weighted by Crippen LogP contribution is -2.14. The van der Waals surface area contributed by atoms with Crippen molar-refractivity contribution in [2.45, 2.75) is 33.1 Å². The Labute approximate surface area is 136 Å². The first-order valence-corrected chi connectivity index (χ1v) is 7.61. The summed E-state index contributed by atoms with van der Waals surface area (Å²) in [6, 6.07) is 15.0. The van der Waals surface area contributed by atoms with Gasteiger partial charge in [0.25, 0.3) is 0 Å². The van der Waals surface area contributed by atoms with E-state index in [-0.39, 0.29) is 18.1 Å². The average Bonchev–Trinajstić information content (AvgIpc) is 2.49. The van der Waals surface area contributed by atoms with E-state index in [0.717, 1.165) is 5.75 Å². The number of Topliss-reactive ketones (excluding diaryl/α,β-unsaturated/α-hetero) is 1. The lowest BCUT2D eigenvalue weighted by Gasteiger charge is -2.09. The van der Waals surface area contributed by atoms with Crippen LogP contribution >= 0.6 is 0 Å². The number of ketones is 1. The molecule has 2 aromatic carbocycles. The Morgan fingerprint density at radius 1 is 0.957 bits per heavy atom. The van der Waals surface area contributed by atoms with Gasteiger partial charge in [0, 0.05) is 5.69 Å². The van der Waals surface area contributed by atoms with Crippen LogP contribution in [0, 0.1) is 0 Å². The van der Waals surface area contributed by atoms with Gasteiger partial charge in [0.05, 0.1) is 6.42 Å². The SMILES string of the molecule is CC(=O)CC(=O)Nc1ccc(Oc2ccc(C(C)C)cc2)cc1. The van der Waals surface area contributed by atoms with Crippen LogP contribution in [0.25, 0.3) is 0 Å². The molecule has 120 valence electrons. The summed E-state index contributed by atoms with van der Waals surface area (Å²) in [4.78, 5) is 22.4. The van der Waals surface area contributed by atoms with Gasteiger partial charge in [0.15, 0.2) is 0 Å². The standard InChI is InChI=1S/C19H21NO3/c1-13(2)15-4-8-17(9-5-15)23-18-10-6-16(7-11-18)20-19(22)12-14(3)21/h4-11,13H,12H2,1-3H3,(H,20,22). The molecule has 0 aliphatic carbocycles. The van der Waals surface area contributed by atoms with Crippen molar-refractivity contribution in [3.8, 4) is 11.5 Å². The summed E-state index contributed by atoms with van der Waals surface area (Å²) in [5, 5.41) is 2.67. The fraction of sp³-hybridized carbons (Fsp3) is 0.263. The zero-order chi connectivity index (χ0) is 16.8. The predicted octanol–water partition coefficient (Wildman–Crippen LogP) is 4.52. The number of hydrogen-bond donors (Lipinski definition) is 1. The van der Waals surface area contributed by atoms with Crippen LogP contribution in [-0.2, 0) is 9.59 Å². The Bertz CT molecular complexity index is 673. The quantitative estimate of drug-likeness (QED) is 0.798. The molecule has 2 aromatic rings. The maximum Gasteiger partial charge on any atom is 0.231 e. The van der Waals surface area contributed by atoms with Crippen molar-refractivity contribution in [3.63, 3.8) is 0 Å². The van der Waals surface area contributed by atoms with E-state index in [1.807, 2.05) is 12.1 Å². The molecule has 0 spiro atoms. The van der Waals surface area contributed by atoms with E-state index in [2.05, 4.69) is 31.3 Å². The summed E-state index contributed by atoms with van der Waals surface area (Å²) >= 11 is 0. The number of amides is 1. The molecular formula is C19H21NO3. The molecule has 23 heavy (non-hydrogen) atoms. The minimum atomic E-state index is -0.310. The van der Waals surface area contributed by atoms with Crippen molar-refractivity contribution in [1.29, 1.82) is 0 Å². The zero-order valence-corrected chi connectivity index (χ0v) is 13.6. The maximum absolute atomic E-state index is 11.5. The molecule has 0 heterocycles. The molecule has 0 atom stereocenters. The van der Waals surface area contributed by atoms with Gasteiger partial charge in [-0.2, -0.15) is 0 Å². The van der Waals surface area contributed by atoms with Crippen molar-refractivity contribution in [2.75, 3.05) is 5.32 Å². The highest BCUT2D eigenvalue weighted by atomic mass is 16.5. The van der Waals surface area contributed by atoms with Crippen LogP contribution in [-0.4, -0.2) is 11.7 Å². The molecule has 0 fully saturated rings. The van der Waals surface area contributed by atoms with Gasteiger partial charge in [-0.15, -0.1) is 0 Å². The number of ether oxygens (including phenoxy) is 1. The van der Waals surface area contributed by atoms with Gasteiger partial charge in [-0.25, -0.2) is 0 Å². The van der Waals surface area contributed by atoms with E-state index in [1.165, 1.54) is 12.5 Å². The Morgan fingerprint density at radius 2 is 1.48 bits per heavy atom. The van der Waals surface area contributed by atoms with Gasteiger partial charge in [-0.05, 0) is 54.8 Å². The molecule has 4 heteroatoms. The van der Waals surface area contributed by atoms with Gasteiger partial charge in [-0.1, -0.05) is 26.0 Å². The zero-order valence-electron chi connectivity index (χ0n) is 13.6. The molecule has 0 unspecified atom stereocenters. The molecule has 0 saturated heterocycles. The molecule has 4 nitrogen and oxygen atoms in total. The second-order valence-electron chi connectivity index (χ2n) is 5.78. The molecule has 0 bridgehead atoms. The third-order valence-corrected chi connectivity index (χ3v) is 3.33. The first-order chi connectivity index (χ1) is 10.9. The molecule has 0 aromatic heterocycles. The van der Waals surface area contributed by atoms with Crippen LogP contribution in [0.3, 0.4) is 0 Å². The Hall–Kier alpha value is -2.62. The number of hydrogen-bond acceptors (Lipinski definition) is 3. The van der Waals surface area contributed by atoms with Gasteiger partial charge < -0.3 is 10.1 Å². The van der Waals surface area contributed by atoms with E-state index >= 15 is 0 Å². The summed E-state index contributed by atoms with van der Waals surface area (Å²) in [6.45, 7) is 5.69. The van der Waals surface area contributed by atoms with Crippen molar-refractivity contribution < 1.29 is 14.3 Å². The minimum absolute atomic E-state index is 0.111. The number of nitrogens with one attached hydrogen (secondary N) is 1. The Morgan fingerprint density at radius 3 is 1.96 bits per heavy atom. The van der Waals surface area contributed by atoms with E-state index in [1.54, 1.807) is 24.3 Å². The molecule has 0 radical (unpaired) electrons. The Balaban J connectivity index is 1.97. The third kappa shape index (κ3) is 5.25. The van der Waals surface area contributed by atoms with Crippen LogP contribution in [0.2, 0.25) is 0 Å².